The highest BCUT2D eigenvalue weighted by Crippen LogP contribution is 2.24. The maximum absolute atomic E-state index is 5.66. The minimum atomic E-state index is 0.529. The van der Waals surface area contributed by atoms with Crippen LogP contribution in [-0.2, 0) is 13.1 Å². The smallest absolute Gasteiger partial charge is 0.175 e. The number of thiocarbonyl (C=S) groups is 1. The van der Waals surface area contributed by atoms with E-state index in [1.807, 2.05) is 41.4 Å². The second-order valence-electron chi connectivity index (χ2n) is 8.46. The molecule has 0 saturated carbocycles. The molecule has 4 aromatic rings. The molecule has 170 valence electrons. The largest absolute Gasteiger partial charge is 0.329 e. The molecule has 4 rings (SSSR count). The third kappa shape index (κ3) is 5.14. The van der Waals surface area contributed by atoms with E-state index in [1.54, 1.807) is 0 Å². The van der Waals surface area contributed by atoms with E-state index in [1.165, 1.54) is 16.7 Å². The molecule has 0 atom stereocenters. The highest BCUT2D eigenvalue weighted by atomic mass is 32.1. The Labute approximate surface area is 200 Å². The Kier molecular flexibility index (Phi) is 6.60. The fourth-order valence-corrected chi connectivity index (χ4v) is 4.27. The van der Waals surface area contributed by atoms with Crippen LogP contribution < -0.4 is 10.6 Å². The van der Waals surface area contributed by atoms with Crippen molar-refractivity contribution in [2.24, 2.45) is 0 Å². The van der Waals surface area contributed by atoms with Crippen LogP contribution >= 0.6 is 12.2 Å². The quantitative estimate of drug-likeness (QED) is 0.372. The van der Waals surface area contributed by atoms with E-state index in [0.29, 0.717) is 5.11 Å². The van der Waals surface area contributed by atoms with Crippen molar-refractivity contribution in [3.8, 4) is 0 Å². The average molecular weight is 459 g/mol. The van der Waals surface area contributed by atoms with E-state index >= 15 is 0 Å². The lowest BCUT2D eigenvalue weighted by Crippen LogP contribution is -2.21. The van der Waals surface area contributed by atoms with Crippen LogP contribution in [0.3, 0.4) is 0 Å². The first-order valence-corrected chi connectivity index (χ1v) is 11.5. The number of anilines is 2. The molecule has 0 bridgehead atoms. The molecule has 0 radical (unpaired) electrons. The lowest BCUT2D eigenvalue weighted by molar-refractivity contribution is 0.659. The summed E-state index contributed by atoms with van der Waals surface area (Å²) in [6.45, 7) is 11.7. The second kappa shape index (κ2) is 9.58. The van der Waals surface area contributed by atoms with Gasteiger partial charge in [-0.1, -0.05) is 60.2 Å². The van der Waals surface area contributed by atoms with Gasteiger partial charge in [-0.2, -0.15) is 10.2 Å². The molecule has 0 unspecified atom stereocenters. The van der Waals surface area contributed by atoms with E-state index < -0.39 is 0 Å². The van der Waals surface area contributed by atoms with Crippen LogP contribution in [0.2, 0.25) is 0 Å². The zero-order valence-corrected chi connectivity index (χ0v) is 20.6. The van der Waals surface area contributed by atoms with Gasteiger partial charge in [0.25, 0.3) is 0 Å². The number of hydrogen-bond donors (Lipinski definition) is 2. The highest BCUT2D eigenvalue weighted by Gasteiger charge is 2.16. The molecule has 33 heavy (non-hydrogen) atoms. The molecule has 0 aliphatic rings. The van der Waals surface area contributed by atoms with Crippen LogP contribution in [-0.4, -0.2) is 24.7 Å². The summed E-state index contributed by atoms with van der Waals surface area (Å²) in [6.07, 6.45) is 0. The van der Waals surface area contributed by atoms with Gasteiger partial charge in [0.05, 0.1) is 47.2 Å². The van der Waals surface area contributed by atoms with Crippen LogP contribution in [0.1, 0.15) is 39.5 Å². The Morgan fingerprint density at radius 2 is 1.24 bits per heavy atom. The summed E-state index contributed by atoms with van der Waals surface area (Å²) in [7, 11) is 0. The molecule has 0 aliphatic heterocycles. The van der Waals surface area contributed by atoms with Gasteiger partial charge in [0.2, 0.25) is 0 Å². The zero-order valence-electron chi connectivity index (χ0n) is 19.8. The first-order valence-electron chi connectivity index (χ1n) is 11.1. The Hall–Kier alpha value is -3.45. The van der Waals surface area contributed by atoms with E-state index in [9.17, 15) is 0 Å². The summed E-state index contributed by atoms with van der Waals surface area (Å²) in [5.74, 6) is 0. The van der Waals surface area contributed by atoms with Gasteiger partial charge >= 0.3 is 0 Å². The molecule has 2 heterocycles. The van der Waals surface area contributed by atoms with Crippen molar-refractivity contribution in [3.05, 3.63) is 94.1 Å². The predicted octanol–water partition coefficient (Wildman–Crippen LogP) is 5.53. The Morgan fingerprint density at radius 3 is 1.79 bits per heavy atom. The van der Waals surface area contributed by atoms with Crippen molar-refractivity contribution < 1.29 is 0 Å². The van der Waals surface area contributed by atoms with E-state index in [0.717, 1.165) is 47.2 Å². The highest BCUT2D eigenvalue weighted by molar-refractivity contribution is 7.80. The minimum Gasteiger partial charge on any atom is -0.329 e. The number of aryl methyl sites for hydroxylation is 3. The summed E-state index contributed by atoms with van der Waals surface area (Å²) in [5, 5.41) is 16.7. The van der Waals surface area contributed by atoms with Gasteiger partial charge in [-0.15, -0.1) is 0 Å². The molecule has 7 heteroatoms. The van der Waals surface area contributed by atoms with Crippen LogP contribution in [0.25, 0.3) is 0 Å². The standard InChI is InChI=1S/C26H30N6S/c1-17-10-9-13-23(14-17)16-32-21(5)25(19(3)30-32)28-26(33)27-24-18(2)29-31(20(24)4)15-22-11-7-6-8-12-22/h6-14H,15-16H2,1-5H3,(H2,27,28,33). The lowest BCUT2D eigenvalue weighted by atomic mass is 10.1. The zero-order chi connectivity index (χ0) is 23.5. The Morgan fingerprint density at radius 1 is 0.727 bits per heavy atom. The fourth-order valence-electron chi connectivity index (χ4n) is 4.06. The monoisotopic (exact) mass is 458 g/mol. The van der Waals surface area contributed by atoms with Gasteiger partial charge in [-0.3, -0.25) is 9.36 Å². The second-order valence-corrected chi connectivity index (χ2v) is 8.87. The minimum absolute atomic E-state index is 0.529. The molecule has 0 saturated heterocycles. The summed E-state index contributed by atoms with van der Waals surface area (Å²) in [4.78, 5) is 0. The van der Waals surface area contributed by atoms with Crippen LogP contribution in [0.5, 0.6) is 0 Å². The summed E-state index contributed by atoms with van der Waals surface area (Å²) >= 11 is 5.66. The molecule has 2 N–H and O–H groups in total. The first-order chi connectivity index (χ1) is 15.8. The maximum Gasteiger partial charge on any atom is 0.175 e. The summed E-state index contributed by atoms with van der Waals surface area (Å²) in [6, 6.07) is 18.8. The van der Waals surface area contributed by atoms with Gasteiger partial charge in [0, 0.05) is 0 Å². The van der Waals surface area contributed by atoms with Crippen LogP contribution in [0.15, 0.2) is 54.6 Å². The molecule has 2 aromatic carbocycles. The number of nitrogens with one attached hydrogen (secondary N) is 2. The average Bonchev–Trinajstić information content (AvgIpc) is 3.19. The van der Waals surface area contributed by atoms with Crippen molar-refractivity contribution in [2.45, 2.75) is 47.7 Å². The van der Waals surface area contributed by atoms with E-state index in [-0.39, 0.29) is 0 Å². The number of nitrogens with zero attached hydrogens (tertiary/aromatic N) is 4. The number of rotatable bonds is 6. The summed E-state index contributed by atoms with van der Waals surface area (Å²) < 4.78 is 4.02. The molecular weight excluding hydrogens is 428 g/mol. The topological polar surface area (TPSA) is 59.7 Å². The number of hydrogen-bond acceptors (Lipinski definition) is 3. The van der Waals surface area contributed by atoms with Gasteiger partial charge in [0.15, 0.2) is 5.11 Å². The van der Waals surface area contributed by atoms with Crippen molar-refractivity contribution in [1.82, 2.24) is 19.6 Å². The third-order valence-electron chi connectivity index (χ3n) is 5.83. The van der Waals surface area contributed by atoms with Crippen molar-refractivity contribution >= 4 is 28.7 Å². The van der Waals surface area contributed by atoms with Gasteiger partial charge < -0.3 is 10.6 Å². The molecule has 2 aromatic heterocycles. The van der Waals surface area contributed by atoms with Crippen molar-refractivity contribution in [2.75, 3.05) is 10.6 Å². The van der Waals surface area contributed by atoms with Gasteiger partial charge in [0.1, 0.15) is 0 Å². The molecule has 0 amide bonds. The van der Waals surface area contributed by atoms with Gasteiger partial charge in [-0.05, 0) is 58.0 Å². The fraction of sp³-hybridized carbons (Fsp3) is 0.269. The van der Waals surface area contributed by atoms with Gasteiger partial charge in [-0.25, -0.2) is 0 Å². The number of aromatic nitrogens is 4. The first kappa shape index (κ1) is 22.7. The summed E-state index contributed by atoms with van der Waals surface area (Å²) in [5.41, 5.74) is 9.48. The van der Waals surface area contributed by atoms with E-state index in [2.05, 4.69) is 67.8 Å². The predicted molar refractivity (Wildman–Crippen MR) is 139 cm³/mol. The third-order valence-corrected chi connectivity index (χ3v) is 6.03. The maximum atomic E-state index is 5.66. The Bertz CT molecular complexity index is 1290. The molecule has 0 spiro atoms. The van der Waals surface area contributed by atoms with Crippen molar-refractivity contribution in [1.29, 1.82) is 0 Å². The van der Waals surface area contributed by atoms with Crippen LogP contribution in [0.4, 0.5) is 11.4 Å². The molecule has 6 nitrogen and oxygen atoms in total. The van der Waals surface area contributed by atoms with E-state index in [4.69, 9.17) is 22.4 Å². The SMILES string of the molecule is Cc1cccc(Cn2nc(C)c(NC(=S)Nc3c(C)nn(Cc4ccccc4)c3C)c2C)c1. The normalized spacial score (nSPS) is 10.9. The molecular formula is C26H30N6S. The molecule has 0 fully saturated rings. The lowest BCUT2D eigenvalue weighted by Gasteiger charge is -2.12. The van der Waals surface area contributed by atoms with Crippen molar-refractivity contribution in [3.63, 3.8) is 0 Å². The van der Waals surface area contributed by atoms with Crippen LogP contribution in [0, 0.1) is 34.6 Å². The molecule has 0 aliphatic carbocycles. The Balaban J connectivity index is 1.48. The number of benzene rings is 2.